The third-order valence-corrected chi connectivity index (χ3v) is 5.09. The lowest BCUT2D eigenvalue weighted by Crippen LogP contribution is -2.39. The van der Waals surface area contributed by atoms with Gasteiger partial charge in [0, 0.05) is 33.0 Å². The fraction of sp³-hybridized carbons (Fsp3) is 0.278. The minimum atomic E-state index is -0.0757. The highest BCUT2D eigenvalue weighted by atomic mass is 35.5. The number of carbonyl (C=O) groups is 1. The summed E-state index contributed by atoms with van der Waals surface area (Å²) in [5, 5.41) is 3.71. The zero-order chi connectivity index (χ0) is 16.1. The summed E-state index contributed by atoms with van der Waals surface area (Å²) < 4.78 is 5.36. The van der Waals surface area contributed by atoms with Crippen LogP contribution in [0.3, 0.4) is 0 Å². The van der Waals surface area contributed by atoms with E-state index in [1.165, 1.54) is 0 Å². The Kier molecular flexibility index (Phi) is 5.49. The van der Waals surface area contributed by atoms with Crippen molar-refractivity contribution in [1.82, 2.24) is 5.32 Å². The van der Waals surface area contributed by atoms with Crippen molar-refractivity contribution in [1.29, 1.82) is 0 Å². The molecule has 1 saturated heterocycles. The van der Waals surface area contributed by atoms with Crippen molar-refractivity contribution in [3.05, 3.63) is 52.4 Å². The van der Waals surface area contributed by atoms with E-state index in [4.69, 9.17) is 16.3 Å². The fourth-order valence-electron chi connectivity index (χ4n) is 2.51. The predicted molar refractivity (Wildman–Crippen MR) is 95.8 cm³/mol. The summed E-state index contributed by atoms with van der Waals surface area (Å²) in [4.78, 5) is 14.1. The summed E-state index contributed by atoms with van der Waals surface area (Å²) in [6.07, 6.45) is 5.40. The fourth-order valence-corrected chi connectivity index (χ4v) is 3.75. The lowest BCUT2D eigenvalue weighted by Gasteiger charge is -2.22. The number of benzene rings is 1. The van der Waals surface area contributed by atoms with E-state index in [9.17, 15) is 4.79 Å². The molecular formula is C18H18ClNO2S. The van der Waals surface area contributed by atoms with Gasteiger partial charge in [-0.05, 0) is 37.1 Å². The van der Waals surface area contributed by atoms with Crippen LogP contribution in [0, 0.1) is 0 Å². The summed E-state index contributed by atoms with van der Waals surface area (Å²) in [5.74, 6) is -0.0757. The molecule has 0 radical (unpaired) electrons. The predicted octanol–water partition coefficient (Wildman–Crippen LogP) is 4.38. The minimum absolute atomic E-state index is 0.0757. The van der Waals surface area contributed by atoms with E-state index >= 15 is 0 Å². The highest BCUT2D eigenvalue weighted by Crippen LogP contribution is 2.33. The average Bonchev–Trinajstić information content (AvgIpc) is 3.03. The number of halogens is 1. The van der Waals surface area contributed by atoms with Crippen LogP contribution in [-0.2, 0) is 9.53 Å². The number of nitrogens with one attached hydrogen (secondary N) is 1. The number of hydrogen-bond donors (Lipinski definition) is 1. The molecular weight excluding hydrogens is 330 g/mol. The molecule has 1 unspecified atom stereocenters. The van der Waals surface area contributed by atoms with E-state index < -0.39 is 0 Å². The van der Waals surface area contributed by atoms with Crippen LogP contribution < -0.4 is 5.32 Å². The summed E-state index contributed by atoms with van der Waals surface area (Å²) in [6, 6.07) is 11.9. The Morgan fingerprint density at radius 3 is 2.96 bits per heavy atom. The maximum Gasteiger partial charge on any atom is 0.244 e. The van der Waals surface area contributed by atoms with Crippen LogP contribution in [0.15, 0.2) is 42.5 Å². The van der Waals surface area contributed by atoms with Gasteiger partial charge in [0.1, 0.15) is 0 Å². The van der Waals surface area contributed by atoms with Gasteiger partial charge < -0.3 is 10.1 Å². The van der Waals surface area contributed by atoms with Crippen molar-refractivity contribution in [2.24, 2.45) is 0 Å². The Morgan fingerprint density at radius 1 is 1.30 bits per heavy atom. The van der Waals surface area contributed by atoms with Crippen molar-refractivity contribution in [2.75, 3.05) is 13.2 Å². The second kappa shape index (κ2) is 7.77. The van der Waals surface area contributed by atoms with Crippen LogP contribution in [0.4, 0.5) is 0 Å². The van der Waals surface area contributed by atoms with Gasteiger partial charge in [0.2, 0.25) is 5.91 Å². The van der Waals surface area contributed by atoms with E-state index in [1.807, 2.05) is 42.5 Å². The molecule has 0 spiro atoms. The molecule has 0 bridgehead atoms. The standard InChI is InChI=1S/C18H18ClNO2S/c19-16-6-2-1-5-15(16)17-9-7-14(23-17)8-10-18(21)20-13-4-3-11-22-12-13/h1-2,5-10,13H,3-4,11-12H2,(H,20,21)/b10-8+. The first-order valence-electron chi connectivity index (χ1n) is 7.63. The van der Waals surface area contributed by atoms with Crippen molar-refractivity contribution in [3.8, 4) is 10.4 Å². The highest BCUT2D eigenvalue weighted by Gasteiger charge is 2.14. The average molecular weight is 348 g/mol. The molecule has 3 nitrogen and oxygen atoms in total. The van der Waals surface area contributed by atoms with Gasteiger partial charge in [-0.15, -0.1) is 11.3 Å². The number of amides is 1. The molecule has 1 amide bonds. The van der Waals surface area contributed by atoms with Crippen molar-refractivity contribution in [2.45, 2.75) is 18.9 Å². The van der Waals surface area contributed by atoms with Crippen molar-refractivity contribution in [3.63, 3.8) is 0 Å². The first-order valence-corrected chi connectivity index (χ1v) is 8.83. The molecule has 1 aliphatic heterocycles. The van der Waals surface area contributed by atoms with Gasteiger partial charge >= 0.3 is 0 Å². The molecule has 1 atom stereocenters. The molecule has 1 aromatic heterocycles. The molecule has 3 rings (SSSR count). The maximum atomic E-state index is 11.9. The van der Waals surface area contributed by atoms with Crippen LogP contribution in [0.5, 0.6) is 0 Å². The summed E-state index contributed by atoms with van der Waals surface area (Å²) >= 11 is 7.83. The van der Waals surface area contributed by atoms with Crippen LogP contribution in [0.25, 0.3) is 16.5 Å². The monoisotopic (exact) mass is 347 g/mol. The second-order valence-corrected chi connectivity index (χ2v) is 6.96. The van der Waals surface area contributed by atoms with Gasteiger partial charge in [-0.25, -0.2) is 0 Å². The lowest BCUT2D eigenvalue weighted by atomic mass is 10.1. The molecule has 2 heterocycles. The normalized spacial score (nSPS) is 18.2. The first-order chi connectivity index (χ1) is 11.2. The molecule has 1 fully saturated rings. The summed E-state index contributed by atoms with van der Waals surface area (Å²) in [6.45, 7) is 1.40. The van der Waals surface area contributed by atoms with Crippen LogP contribution in [0.1, 0.15) is 17.7 Å². The van der Waals surface area contributed by atoms with E-state index in [0.717, 1.165) is 39.8 Å². The Labute approximate surface area is 144 Å². The molecule has 1 aromatic carbocycles. The SMILES string of the molecule is O=C(/C=C/c1ccc(-c2ccccc2Cl)s1)NC1CCCOC1. The summed E-state index contributed by atoms with van der Waals surface area (Å²) in [7, 11) is 0. The molecule has 0 saturated carbocycles. The zero-order valence-corrected chi connectivity index (χ0v) is 14.2. The lowest BCUT2D eigenvalue weighted by molar-refractivity contribution is -0.118. The smallest absolute Gasteiger partial charge is 0.244 e. The Balaban J connectivity index is 1.62. The van der Waals surface area contributed by atoms with Crippen LogP contribution >= 0.6 is 22.9 Å². The van der Waals surface area contributed by atoms with Gasteiger partial charge in [-0.3, -0.25) is 4.79 Å². The van der Waals surface area contributed by atoms with Gasteiger partial charge in [0.25, 0.3) is 0 Å². The molecule has 23 heavy (non-hydrogen) atoms. The number of ether oxygens (including phenoxy) is 1. The van der Waals surface area contributed by atoms with Gasteiger partial charge in [-0.2, -0.15) is 0 Å². The Hall–Kier alpha value is -1.62. The van der Waals surface area contributed by atoms with E-state index in [0.29, 0.717) is 6.61 Å². The van der Waals surface area contributed by atoms with Gasteiger partial charge in [-0.1, -0.05) is 29.8 Å². The largest absolute Gasteiger partial charge is 0.379 e. The number of rotatable bonds is 4. The third kappa shape index (κ3) is 4.44. The van der Waals surface area contributed by atoms with E-state index in [2.05, 4.69) is 5.32 Å². The van der Waals surface area contributed by atoms with Crippen LogP contribution in [-0.4, -0.2) is 25.2 Å². The zero-order valence-electron chi connectivity index (χ0n) is 12.6. The number of hydrogen-bond acceptors (Lipinski definition) is 3. The van der Waals surface area contributed by atoms with Gasteiger partial charge in [0.05, 0.1) is 12.6 Å². The molecule has 0 aliphatic carbocycles. The first kappa shape index (κ1) is 16.2. The number of thiophene rings is 1. The maximum absolute atomic E-state index is 11.9. The third-order valence-electron chi connectivity index (χ3n) is 3.67. The van der Waals surface area contributed by atoms with Crippen molar-refractivity contribution < 1.29 is 9.53 Å². The van der Waals surface area contributed by atoms with Gasteiger partial charge in [0.15, 0.2) is 0 Å². The number of carbonyl (C=O) groups excluding carboxylic acids is 1. The molecule has 1 aliphatic rings. The summed E-state index contributed by atoms with van der Waals surface area (Å²) in [5.41, 5.74) is 1.02. The molecule has 5 heteroatoms. The van der Waals surface area contributed by atoms with E-state index in [1.54, 1.807) is 17.4 Å². The highest BCUT2D eigenvalue weighted by molar-refractivity contribution is 7.16. The Morgan fingerprint density at radius 2 is 2.17 bits per heavy atom. The molecule has 2 aromatic rings. The second-order valence-electron chi connectivity index (χ2n) is 5.44. The molecule has 1 N–H and O–H groups in total. The van der Waals surface area contributed by atoms with Crippen LogP contribution in [0.2, 0.25) is 5.02 Å². The Bertz CT molecular complexity index is 705. The van der Waals surface area contributed by atoms with Crippen molar-refractivity contribution >= 4 is 34.9 Å². The molecule has 120 valence electrons. The quantitative estimate of drug-likeness (QED) is 0.834. The van der Waals surface area contributed by atoms with E-state index in [-0.39, 0.29) is 11.9 Å². The minimum Gasteiger partial charge on any atom is -0.379 e. The topological polar surface area (TPSA) is 38.3 Å².